The molecular formula is C13H18N2OS. The van der Waals surface area contributed by atoms with Crippen molar-refractivity contribution in [3.05, 3.63) is 23.8 Å². The number of hydrogen-bond acceptors (Lipinski definition) is 3. The Bertz CT molecular complexity index is 420. The lowest BCUT2D eigenvalue weighted by Gasteiger charge is -2.30. The fourth-order valence-corrected chi connectivity index (χ4v) is 2.61. The first kappa shape index (κ1) is 12.3. The number of rotatable bonds is 3. The van der Waals surface area contributed by atoms with Crippen molar-refractivity contribution in [1.82, 2.24) is 0 Å². The Morgan fingerprint density at radius 3 is 3.12 bits per heavy atom. The highest BCUT2D eigenvalue weighted by Crippen LogP contribution is 2.31. The number of amides is 1. The van der Waals surface area contributed by atoms with E-state index in [1.807, 2.05) is 29.4 Å². The maximum Gasteiger partial charge on any atom is 0.227 e. The van der Waals surface area contributed by atoms with Crippen molar-refractivity contribution < 1.29 is 4.79 Å². The molecule has 0 aliphatic carbocycles. The molecule has 1 aliphatic heterocycles. The summed E-state index contributed by atoms with van der Waals surface area (Å²) in [6.07, 6.45) is 4.62. The second kappa shape index (κ2) is 5.45. The Morgan fingerprint density at radius 2 is 2.35 bits per heavy atom. The van der Waals surface area contributed by atoms with Gasteiger partial charge in [-0.2, -0.15) is 11.8 Å². The number of fused-ring (bicyclic) bond motifs is 1. The van der Waals surface area contributed by atoms with Gasteiger partial charge in [-0.05, 0) is 36.8 Å². The van der Waals surface area contributed by atoms with Gasteiger partial charge in [0, 0.05) is 30.1 Å². The van der Waals surface area contributed by atoms with Crippen LogP contribution in [0.25, 0.3) is 0 Å². The van der Waals surface area contributed by atoms with Gasteiger partial charge < -0.3 is 10.6 Å². The summed E-state index contributed by atoms with van der Waals surface area (Å²) in [5.74, 6) is 1.10. The van der Waals surface area contributed by atoms with Gasteiger partial charge >= 0.3 is 0 Å². The molecule has 0 bridgehead atoms. The van der Waals surface area contributed by atoms with Gasteiger partial charge in [0.15, 0.2) is 0 Å². The Morgan fingerprint density at radius 1 is 1.53 bits per heavy atom. The third-order valence-electron chi connectivity index (χ3n) is 3.11. The van der Waals surface area contributed by atoms with E-state index in [1.54, 1.807) is 11.8 Å². The fourth-order valence-electron chi connectivity index (χ4n) is 2.24. The van der Waals surface area contributed by atoms with E-state index in [0.717, 1.165) is 42.1 Å². The average Bonchev–Trinajstić information content (AvgIpc) is 2.36. The maximum atomic E-state index is 12.1. The molecule has 17 heavy (non-hydrogen) atoms. The minimum atomic E-state index is 0.214. The van der Waals surface area contributed by atoms with Crippen molar-refractivity contribution >= 4 is 29.0 Å². The Hall–Kier alpha value is -1.16. The van der Waals surface area contributed by atoms with Gasteiger partial charge in [0.1, 0.15) is 0 Å². The molecule has 0 radical (unpaired) electrons. The summed E-state index contributed by atoms with van der Waals surface area (Å²) >= 11 is 1.71. The number of hydrogen-bond donors (Lipinski definition) is 1. The third kappa shape index (κ3) is 2.57. The van der Waals surface area contributed by atoms with Crippen LogP contribution in [0.15, 0.2) is 18.2 Å². The number of carbonyl (C=O) groups excluding carboxylic acids is 1. The normalized spacial score (nSPS) is 14.5. The predicted octanol–water partition coefficient (Wildman–Crippen LogP) is 2.30. The van der Waals surface area contributed by atoms with Crippen LogP contribution in [-0.2, 0) is 11.2 Å². The largest absolute Gasteiger partial charge is 0.398 e. The van der Waals surface area contributed by atoms with Crippen molar-refractivity contribution in [2.24, 2.45) is 0 Å². The molecule has 2 rings (SSSR count). The smallest absolute Gasteiger partial charge is 0.227 e. The van der Waals surface area contributed by atoms with Crippen LogP contribution in [0, 0.1) is 0 Å². The third-order valence-corrected chi connectivity index (χ3v) is 3.72. The molecular weight excluding hydrogens is 232 g/mol. The van der Waals surface area contributed by atoms with Crippen LogP contribution in [0.5, 0.6) is 0 Å². The average molecular weight is 250 g/mol. The lowest BCUT2D eigenvalue weighted by atomic mass is 9.99. The molecule has 1 aliphatic rings. The van der Waals surface area contributed by atoms with Crippen LogP contribution in [0.2, 0.25) is 0 Å². The summed E-state index contributed by atoms with van der Waals surface area (Å²) in [5, 5.41) is 0. The van der Waals surface area contributed by atoms with E-state index in [1.165, 1.54) is 0 Å². The number of nitrogens with zero attached hydrogens (tertiary/aromatic N) is 1. The second-order valence-corrected chi connectivity index (χ2v) is 5.22. The SMILES string of the molecule is CSCCC(=O)N1CCCc2c(N)cccc21. The molecule has 0 spiro atoms. The summed E-state index contributed by atoms with van der Waals surface area (Å²) in [6, 6.07) is 5.84. The molecule has 1 amide bonds. The Labute approximate surface area is 106 Å². The summed E-state index contributed by atoms with van der Waals surface area (Å²) in [6.45, 7) is 0.823. The molecule has 92 valence electrons. The zero-order chi connectivity index (χ0) is 12.3. The van der Waals surface area contributed by atoms with Gasteiger partial charge in [-0.3, -0.25) is 4.79 Å². The van der Waals surface area contributed by atoms with Gasteiger partial charge in [0.2, 0.25) is 5.91 Å². The minimum absolute atomic E-state index is 0.214. The van der Waals surface area contributed by atoms with Crippen molar-refractivity contribution in [2.45, 2.75) is 19.3 Å². The number of carbonyl (C=O) groups is 1. The summed E-state index contributed by atoms with van der Waals surface area (Å²) in [4.78, 5) is 14.0. The van der Waals surface area contributed by atoms with Crippen molar-refractivity contribution in [3.63, 3.8) is 0 Å². The van der Waals surface area contributed by atoms with E-state index < -0.39 is 0 Å². The lowest BCUT2D eigenvalue weighted by molar-refractivity contribution is -0.118. The van der Waals surface area contributed by atoms with Gasteiger partial charge in [-0.25, -0.2) is 0 Å². The van der Waals surface area contributed by atoms with Crippen LogP contribution in [0.4, 0.5) is 11.4 Å². The molecule has 0 saturated carbocycles. The highest BCUT2D eigenvalue weighted by Gasteiger charge is 2.22. The fraction of sp³-hybridized carbons (Fsp3) is 0.462. The first-order valence-corrected chi connectivity index (χ1v) is 7.30. The molecule has 1 aromatic rings. The van der Waals surface area contributed by atoms with E-state index >= 15 is 0 Å². The molecule has 2 N–H and O–H groups in total. The number of nitrogens with two attached hydrogens (primary N) is 1. The van der Waals surface area contributed by atoms with Gasteiger partial charge in [0.25, 0.3) is 0 Å². The van der Waals surface area contributed by atoms with E-state index in [9.17, 15) is 4.79 Å². The molecule has 1 heterocycles. The monoisotopic (exact) mass is 250 g/mol. The Balaban J connectivity index is 2.22. The molecule has 4 heteroatoms. The van der Waals surface area contributed by atoms with Gasteiger partial charge in [0.05, 0.1) is 0 Å². The molecule has 0 fully saturated rings. The first-order chi connectivity index (χ1) is 8.24. The minimum Gasteiger partial charge on any atom is -0.398 e. The Kier molecular flexibility index (Phi) is 3.94. The standard InChI is InChI=1S/C13H18N2OS/c1-17-9-7-13(16)15-8-3-4-10-11(14)5-2-6-12(10)15/h2,5-6H,3-4,7-9,14H2,1H3. The summed E-state index contributed by atoms with van der Waals surface area (Å²) in [5.41, 5.74) is 8.92. The molecule has 3 nitrogen and oxygen atoms in total. The van der Waals surface area contributed by atoms with Crippen LogP contribution in [-0.4, -0.2) is 24.5 Å². The van der Waals surface area contributed by atoms with Gasteiger partial charge in [-0.1, -0.05) is 6.07 Å². The van der Waals surface area contributed by atoms with E-state index in [-0.39, 0.29) is 5.91 Å². The number of nitrogen functional groups attached to an aromatic ring is 1. The maximum absolute atomic E-state index is 12.1. The van der Waals surface area contributed by atoms with E-state index in [0.29, 0.717) is 6.42 Å². The highest BCUT2D eigenvalue weighted by atomic mass is 32.2. The molecule has 0 aromatic heterocycles. The first-order valence-electron chi connectivity index (χ1n) is 5.90. The van der Waals surface area contributed by atoms with Gasteiger partial charge in [-0.15, -0.1) is 0 Å². The zero-order valence-corrected chi connectivity index (χ0v) is 10.9. The molecule has 0 saturated heterocycles. The van der Waals surface area contributed by atoms with Crippen molar-refractivity contribution in [3.8, 4) is 0 Å². The number of benzene rings is 1. The summed E-state index contributed by atoms with van der Waals surface area (Å²) in [7, 11) is 0. The van der Waals surface area contributed by atoms with Crippen LogP contribution in [0.3, 0.4) is 0 Å². The lowest BCUT2D eigenvalue weighted by Crippen LogP contribution is -2.35. The van der Waals surface area contributed by atoms with Crippen LogP contribution >= 0.6 is 11.8 Å². The topological polar surface area (TPSA) is 46.3 Å². The highest BCUT2D eigenvalue weighted by molar-refractivity contribution is 7.98. The number of anilines is 2. The zero-order valence-electron chi connectivity index (χ0n) is 10.1. The van der Waals surface area contributed by atoms with Crippen molar-refractivity contribution in [1.29, 1.82) is 0 Å². The van der Waals surface area contributed by atoms with Crippen LogP contribution in [0.1, 0.15) is 18.4 Å². The van der Waals surface area contributed by atoms with E-state index in [2.05, 4.69) is 0 Å². The van der Waals surface area contributed by atoms with Crippen molar-refractivity contribution in [2.75, 3.05) is 29.2 Å². The summed E-state index contributed by atoms with van der Waals surface area (Å²) < 4.78 is 0. The molecule has 0 unspecified atom stereocenters. The number of thioether (sulfide) groups is 1. The predicted molar refractivity (Wildman–Crippen MR) is 74.5 cm³/mol. The van der Waals surface area contributed by atoms with Crippen LogP contribution < -0.4 is 10.6 Å². The van der Waals surface area contributed by atoms with E-state index in [4.69, 9.17) is 5.73 Å². The quantitative estimate of drug-likeness (QED) is 0.837. The second-order valence-electron chi connectivity index (χ2n) is 4.24. The molecule has 1 aromatic carbocycles. The molecule has 0 atom stereocenters.